The summed E-state index contributed by atoms with van der Waals surface area (Å²) in [4.78, 5) is 13.2. The molecule has 5 nitrogen and oxygen atoms in total. The Labute approximate surface area is 148 Å². The Kier molecular flexibility index (Phi) is 5.68. The summed E-state index contributed by atoms with van der Waals surface area (Å²) >= 11 is 0. The first-order valence-electron chi connectivity index (χ1n) is 8.95. The van der Waals surface area contributed by atoms with Crippen molar-refractivity contribution in [3.8, 4) is 0 Å². The largest absolute Gasteiger partial charge is 0.366 e. The van der Waals surface area contributed by atoms with Gasteiger partial charge in [0.15, 0.2) is 0 Å². The van der Waals surface area contributed by atoms with Crippen molar-refractivity contribution in [1.29, 1.82) is 0 Å². The second-order valence-corrected chi connectivity index (χ2v) is 6.77. The number of nitrogens with zero attached hydrogens (tertiary/aromatic N) is 4. The number of nitrogens with one attached hydrogen (secondary N) is 1. The molecule has 1 aromatic carbocycles. The summed E-state index contributed by atoms with van der Waals surface area (Å²) in [6.07, 6.45) is 2.89. The molecular weight excluding hydrogens is 317 g/mol. The Hall–Kier alpha value is -2.37. The lowest BCUT2D eigenvalue weighted by atomic mass is 10.1. The van der Waals surface area contributed by atoms with Crippen LogP contribution in [0, 0.1) is 11.7 Å². The minimum absolute atomic E-state index is 0.158. The van der Waals surface area contributed by atoms with Gasteiger partial charge >= 0.3 is 0 Å². The normalized spacial score (nSPS) is 14.9. The van der Waals surface area contributed by atoms with Crippen molar-refractivity contribution < 1.29 is 4.39 Å². The molecule has 2 heterocycles. The van der Waals surface area contributed by atoms with Gasteiger partial charge in [0.05, 0.1) is 5.69 Å². The molecule has 0 atom stereocenters. The van der Waals surface area contributed by atoms with E-state index in [-0.39, 0.29) is 5.82 Å². The van der Waals surface area contributed by atoms with Gasteiger partial charge in [0, 0.05) is 38.9 Å². The maximum Gasteiger partial charge on any atom is 0.224 e. The van der Waals surface area contributed by atoms with Crippen LogP contribution in [0.5, 0.6) is 0 Å². The average molecular weight is 343 g/mol. The number of anilines is 3. The van der Waals surface area contributed by atoms with Gasteiger partial charge in [-0.3, -0.25) is 0 Å². The number of rotatable bonds is 6. The Bertz CT molecular complexity index is 683. The molecule has 1 N–H and O–H groups in total. The highest BCUT2D eigenvalue weighted by molar-refractivity contribution is 5.51. The summed E-state index contributed by atoms with van der Waals surface area (Å²) in [6.45, 7) is 8.47. The monoisotopic (exact) mass is 343 g/mol. The molecule has 0 unspecified atom stereocenters. The van der Waals surface area contributed by atoms with Crippen LogP contribution >= 0.6 is 0 Å². The summed E-state index contributed by atoms with van der Waals surface area (Å²) < 4.78 is 13.9. The summed E-state index contributed by atoms with van der Waals surface area (Å²) in [6, 6.07) is 8.90. The molecule has 3 rings (SSSR count). The zero-order valence-corrected chi connectivity index (χ0v) is 15.0. The lowest BCUT2D eigenvalue weighted by molar-refractivity contribution is 0.595. The number of hydrogen-bond acceptors (Lipinski definition) is 5. The molecule has 1 saturated heterocycles. The molecule has 1 aromatic heterocycles. The maximum absolute atomic E-state index is 13.9. The molecular formula is C19H26FN5. The van der Waals surface area contributed by atoms with Gasteiger partial charge in [0.25, 0.3) is 0 Å². The molecule has 0 bridgehead atoms. The summed E-state index contributed by atoms with van der Waals surface area (Å²) in [5.74, 6) is 2.10. The standard InChI is InChI=1S/C19H26FN5/c1-15(2)7-9-21-19-22-10-8-18(23-19)25-13-11-24(12-14-25)17-6-4-3-5-16(17)20/h3-6,8,10,15H,7,9,11-14H2,1-2H3,(H,21,22,23). The van der Waals surface area contributed by atoms with Crippen molar-refractivity contribution in [2.75, 3.05) is 47.8 Å². The van der Waals surface area contributed by atoms with Crippen LogP contribution in [0.15, 0.2) is 36.5 Å². The van der Waals surface area contributed by atoms with Crippen LogP contribution in [0.25, 0.3) is 0 Å². The third-order valence-corrected chi connectivity index (χ3v) is 4.44. The second kappa shape index (κ2) is 8.14. The molecule has 0 aliphatic carbocycles. The van der Waals surface area contributed by atoms with E-state index in [2.05, 4.69) is 38.9 Å². The number of aromatic nitrogens is 2. The Morgan fingerprint density at radius 3 is 2.52 bits per heavy atom. The predicted octanol–water partition coefficient (Wildman–Crippen LogP) is 3.40. The highest BCUT2D eigenvalue weighted by atomic mass is 19.1. The van der Waals surface area contributed by atoms with Gasteiger partial charge in [0.1, 0.15) is 11.6 Å². The zero-order valence-electron chi connectivity index (χ0n) is 15.0. The number of piperazine rings is 1. The van der Waals surface area contributed by atoms with Gasteiger partial charge in [0.2, 0.25) is 5.95 Å². The van der Waals surface area contributed by atoms with Crippen LogP contribution in [0.4, 0.5) is 21.8 Å². The number of benzene rings is 1. The third-order valence-electron chi connectivity index (χ3n) is 4.44. The van der Waals surface area contributed by atoms with Crippen molar-refractivity contribution in [2.45, 2.75) is 20.3 Å². The van der Waals surface area contributed by atoms with Gasteiger partial charge in [-0.25, -0.2) is 9.37 Å². The van der Waals surface area contributed by atoms with Gasteiger partial charge in [-0.15, -0.1) is 0 Å². The van der Waals surface area contributed by atoms with Crippen molar-refractivity contribution >= 4 is 17.5 Å². The van der Waals surface area contributed by atoms with E-state index in [0.717, 1.165) is 45.0 Å². The van der Waals surface area contributed by atoms with E-state index in [1.54, 1.807) is 12.3 Å². The first-order chi connectivity index (χ1) is 12.1. The van der Waals surface area contributed by atoms with E-state index in [1.165, 1.54) is 6.07 Å². The fourth-order valence-electron chi connectivity index (χ4n) is 2.97. The minimum atomic E-state index is -0.158. The average Bonchev–Trinajstić information content (AvgIpc) is 2.62. The Morgan fingerprint density at radius 1 is 1.08 bits per heavy atom. The first kappa shape index (κ1) is 17.5. The molecule has 6 heteroatoms. The summed E-state index contributed by atoms with van der Waals surface area (Å²) in [5.41, 5.74) is 0.681. The van der Waals surface area contributed by atoms with Gasteiger partial charge in [-0.2, -0.15) is 4.98 Å². The van der Waals surface area contributed by atoms with E-state index in [4.69, 9.17) is 0 Å². The molecule has 1 fully saturated rings. The molecule has 25 heavy (non-hydrogen) atoms. The van der Waals surface area contributed by atoms with E-state index < -0.39 is 0 Å². The van der Waals surface area contributed by atoms with Gasteiger partial charge in [-0.05, 0) is 30.5 Å². The van der Waals surface area contributed by atoms with E-state index in [1.807, 2.05) is 18.2 Å². The Balaban J connectivity index is 1.58. The van der Waals surface area contributed by atoms with E-state index in [9.17, 15) is 4.39 Å². The number of halogens is 1. The van der Waals surface area contributed by atoms with Crippen molar-refractivity contribution in [2.24, 2.45) is 5.92 Å². The fourth-order valence-corrected chi connectivity index (χ4v) is 2.97. The molecule has 0 radical (unpaired) electrons. The van der Waals surface area contributed by atoms with Gasteiger partial charge in [-0.1, -0.05) is 26.0 Å². The zero-order chi connectivity index (χ0) is 17.6. The van der Waals surface area contributed by atoms with E-state index in [0.29, 0.717) is 17.6 Å². The molecule has 0 saturated carbocycles. The molecule has 134 valence electrons. The maximum atomic E-state index is 13.9. The highest BCUT2D eigenvalue weighted by Gasteiger charge is 2.20. The first-order valence-corrected chi connectivity index (χ1v) is 8.95. The van der Waals surface area contributed by atoms with Crippen molar-refractivity contribution in [1.82, 2.24) is 9.97 Å². The lowest BCUT2D eigenvalue weighted by Gasteiger charge is -2.36. The van der Waals surface area contributed by atoms with Crippen molar-refractivity contribution in [3.05, 3.63) is 42.3 Å². The molecule has 0 spiro atoms. The second-order valence-electron chi connectivity index (χ2n) is 6.77. The van der Waals surface area contributed by atoms with Crippen LogP contribution < -0.4 is 15.1 Å². The minimum Gasteiger partial charge on any atom is -0.366 e. The highest BCUT2D eigenvalue weighted by Crippen LogP contribution is 2.22. The fraction of sp³-hybridized carbons (Fsp3) is 0.474. The summed E-state index contributed by atoms with van der Waals surface area (Å²) in [5, 5.41) is 3.29. The van der Waals surface area contributed by atoms with Crippen LogP contribution in [-0.2, 0) is 0 Å². The van der Waals surface area contributed by atoms with Crippen LogP contribution in [0.2, 0.25) is 0 Å². The molecule has 0 amide bonds. The van der Waals surface area contributed by atoms with Crippen LogP contribution in [-0.4, -0.2) is 42.7 Å². The number of para-hydroxylation sites is 1. The summed E-state index contributed by atoms with van der Waals surface area (Å²) in [7, 11) is 0. The third kappa shape index (κ3) is 4.59. The molecule has 1 aliphatic rings. The molecule has 1 aliphatic heterocycles. The lowest BCUT2D eigenvalue weighted by Crippen LogP contribution is -2.47. The quantitative estimate of drug-likeness (QED) is 0.871. The Morgan fingerprint density at radius 2 is 1.80 bits per heavy atom. The molecule has 2 aromatic rings. The SMILES string of the molecule is CC(C)CCNc1nccc(N2CCN(c3ccccc3F)CC2)n1. The predicted molar refractivity (Wildman–Crippen MR) is 101 cm³/mol. The van der Waals surface area contributed by atoms with E-state index >= 15 is 0 Å². The topological polar surface area (TPSA) is 44.3 Å². The van der Waals surface area contributed by atoms with Crippen LogP contribution in [0.3, 0.4) is 0 Å². The smallest absolute Gasteiger partial charge is 0.224 e. The van der Waals surface area contributed by atoms with Crippen LogP contribution in [0.1, 0.15) is 20.3 Å². The van der Waals surface area contributed by atoms with Crippen molar-refractivity contribution in [3.63, 3.8) is 0 Å². The number of hydrogen-bond donors (Lipinski definition) is 1. The van der Waals surface area contributed by atoms with Gasteiger partial charge < -0.3 is 15.1 Å².